The highest BCUT2D eigenvalue weighted by atomic mass is 32.2. The average molecular weight is 424 g/mol. The van der Waals surface area contributed by atoms with Crippen molar-refractivity contribution in [3.63, 3.8) is 0 Å². The van der Waals surface area contributed by atoms with Crippen molar-refractivity contribution in [1.29, 1.82) is 0 Å². The molecule has 0 bridgehead atoms. The summed E-state index contributed by atoms with van der Waals surface area (Å²) in [7, 11) is 0. The first kappa shape index (κ1) is 20.2. The predicted octanol–water partition coefficient (Wildman–Crippen LogP) is 4.30. The van der Waals surface area contributed by atoms with Gasteiger partial charge in [-0.05, 0) is 42.8 Å². The first-order valence-corrected chi connectivity index (χ1v) is 10.6. The van der Waals surface area contributed by atoms with Gasteiger partial charge in [0.1, 0.15) is 17.2 Å². The molecule has 1 fully saturated rings. The largest absolute Gasteiger partial charge is 0.472 e. The Balaban J connectivity index is 1.55. The molecule has 1 aromatic heterocycles. The number of benzene rings is 2. The lowest BCUT2D eigenvalue weighted by atomic mass is 10.1. The van der Waals surface area contributed by atoms with Crippen LogP contribution in [0.1, 0.15) is 32.4 Å². The quantitative estimate of drug-likeness (QED) is 0.663. The Morgan fingerprint density at radius 3 is 2.53 bits per heavy atom. The molecule has 1 aliphatic rings. The highest BCUT2D eigenvalue weighted by Crippen LogP contribution is 2.42. The SMILES string of the molecule is Cc1ccc(C(=O)N2C(C(=O)NCc3ccc(F)cc3)CSC2c2ccoc2)cc1. The molecule has 2 amide bonds. The van der Waals surface area contributed by atoms with Crippen LogP contribution in [0.3, 0.4) is 0 Å². The molecule has 1 N–H and O–H groups in total. The summed E-state index contributed by atoms with van der Waals surface area (Å²) in [6, 6.07) is 14.5. The molecule has 2 heterocycles. The van der Waals surface area contributed by atoms with Crippen molar-refractivity contribution in [2.45, 2.75) is 24.9 Å². The summed E-state index contributed by atoms with van der Waals surface area (Å²) in [6.07, 6.45) is 3.16. The van der Waals surface area contributed by atoms with E-state index < -0.39 is 6.04 Å². The second kappa shape index (κ2) is 8.75. The first-order valence-electron chi connectivity index (χ1n) is 9.58. The fourth-order valence-electron chi connectivity index (χ4n) is 3.38. The molecule has 5 nitrogen and oxygen atoms in total. The number of hydrogen-bond donors (Lipinski definition) is 1. The summed E-state index contributed by atoms with van der Waals surface area (Å²) < 4.78 is 18.3. The number of thioether (sulfide) groups is 1. The summed E-state index contributed by atoms with van der Waals surface area (Å²) in [6.45, 7) is 2.23. The van der Waals surface area contributed by atoms with Gasteiger partial charge in [-0.3, -0.25) is 9.59 Å². The predicted molar refractivity (Wildman–Crippen MR) is 113 cm³/mol. The molecule has 2 unspecified atom stereocenters. The van der Waals surface area contributed by atoms with E-state index in [4.69, 9.17) is 4.42 Å². The van der Waals surface area contributed by atoms with E-state index in [1.165, 1.54) is 23.9 Å². The minimum absolute atomic E-state index is 0.201. The van der Waals surface area contributed by atoms with Crippen molar-refractivity contribution >= 4 is 23.6 Å². The third-order valence-electron chi connectivity index (χ3n) is 5.04. The summed E-state index contributed by atoms with van der Waals surface area (Å²) in [5, 5.41) is 2.57. The number of nitrogens with zero attached hydrogens (tertiary/aromatic N) is 1. The number of nitrogens with one attached hydrogen (secondary N) is 1. The Morgan fingerprint density at radius 2 is 1.87 bits per heavy atom. The summed E-state index contributed by atoms with van der Waals surface area (Å²) in [5.74, 6) is -0.288. The molecule has 0 spiro atoms. The Hall–Kier alpha value is -3.06. The number of rotatable bonds is 5. The molecule has 2 atom stereocenters. The zero-order valence-electron chi connectivity index (χ0n) is 16.4. The zero-order valence-corrected chi connectivity index (χ0v) is 17.2. The molecule has 4 rings (SSSR count). The van der Waals surface area contributed by atoms with Crippen LogP contribution in [-0.4, -0.2) is 28.5 Å². The number of halogens is 1. The Bertz CT molecular complexity index is 1020. The second-order valence-electron chi connectivity index (χ2n) is 7.18. The molecule has 7 heteroatoms. The molecular weight excluding hydrogens is 403 g/mol. The van der Waals surface area contributed by atoms with Gasteiger partial charge in [-0.1, -0.05) is 29.8 Å². The van der Waals surface area contributed by atoms with Gasteiger partial charge in [-0.2, -0.15) is 0 Å². The van der Waals surface area contributed by atoms with E-state index in [0.29, 0.717) is 11.3 Å². The molecule has 0 radical (unpaired) electrons. The van der Waals surface area contributed by atoms with Gasteiger partial charge in [-0.15, -0.1) is 11.8 Å². The Morgan fingerprint density at radius 1 is 1.13 bits per heavy atom. The van der Waals surface area contributed by atoms with E-state index in [1.54, 1.807) is 41.7 Å². The molecular formula is C23H21FN2O3S. The highest BCUT2D eigenvalue weighted by molar-refractivity contribution is 7.99. The zero-order chi connectivity index (χ0) is 21.1. The maximum absolute atomic E-state index is 13.4. The molecule has 154 valence electrons. The second-order valence-corrected chi connectivity index (χ2v) is 8.29. The number of amides is 2. The molecule has 2 aromatic carbocycles. The van der Waals surface area contributed by atoms with Crippen molar-refractivity contribution < 1.29 is 18.4 Å². The number of aryl methyl sites for hydroxylation is 1. The van der Waals surface area contributed by atoms with Crippen LogP contribution in [0, 0.1) is 12.7 Å². The van der Waals surface area contributed by atoms with Gasteiger partial charge in [0.25, 0.3) is 5.91 Å². The van der Waals surface area contributed by atoms with E-state index in [0.717, 1.165) is 16.7 Å². The summed E-state index contributed by atoms with van der Waals surface area (Å²) >= 11 is 1.53. The maximum Gasteiger partial charge on any atom is 0.255 e. The fourth-order valence-corrected chi connectivity index (χ4v) is 4.79. The van der Waals surface area contributed by atoms with E-state index in [2.05, 4.69) is 5.32 Å². The fraction of sp³-hybridized carbons (Fsp3) is 0.217. The Labute approximate surface area is 178 Å². The number of carbonyl (C=O) groups is 2. The maximum atomic E-state index is 13.4. The average Bonchev–Trinajstić information content (AvgIpc) is 3.43. The van der Waals surface area contributed by atoms with Crippen LogP contribution in [0.15, 0.2) is 71.5 Å². The van der Waals surface area contributed by atoms with Crippen LogP contribution < -0.4 is 5.32 Å². The lowest BCUT2D eigenvalue weighted by molar-refractivity contribution is -0.125. The first-order chi connectivity index (χ1) is 14.5. The van der Waals surface area contributed by atoms with Gasteiger partial charge >= 0.3 is 0 Å². The van der Waals surface area contributed by atoms with Crippen molar-refractivity contribution in [3.8, 4) is 0 Å². The van der Waals surface area contributed by atoms with Gasteiger partial charge in [0, 0.05) is 23.4 Å². The summed E-state index contributed by atoms with van der Waals surface area (Å²) in [5.41, 5.74) is 3.22. The smallest absolute Gasteiger partial charge is 0.255 e. The van der Waals surface area contributed by atoms with Gasteiger partial charge in [-0.25, -0.2) is 4.39 Å². The minimum atomic E-state index is -0.621. The lowest BCUT2D eigenvalue weighted by Crippen LogP contribution is -2.47. The molecule has 1 aliphatic heterocycles. The van der Waals surface area contributed by atoms with Crippen molar-refractivity contribution in [2.24, 2.45) is 0 Å². The normalized spacial score (nSPS) is 18.4. The van der Waals surface area contributed by atoms with Crippen molar-refractivity contribution in [3.05, 3.63) is 95.2 Å². The van der Waals surface area contributed by atoms with Gasteiger partial charge < -0.3 is 14.6 Å². The van der Waals surface area contributed by atoms with Gasteiger partial charge in [0.15, 0.2) is 0 Å². The van der Waals surface area contributed by atoms with Crippen LogP contribution in [-0.2, 0) is 11.3 Å². The van der Waals surface area contributed by atoms with E-state index in [1.807, 2.05) is 25.1 Å². The van der Waals surface area contributed by atoms with Gasteiger partial charge in [0.2, 0.25) is 5.91 Å². The molecule has 1 saturated heterocycles. The number of furan rings is 1. The van der Waals surface area contributed by atoms with Crippen LogP contribution in [0.5, 0.6) is 0 Å². The van der Waals surface area contributed by atoms with E-state index >= 15 is 0 Å². The topological polar surface area (TPSA) is 62.6 Å². The van der Waals surface area contributed by atoms with E-state index in [-0.39, 0.29) is 29.6 Å². The number of hydrogen-bond acceptors (Lipinski definition) is 4. The number of carbonyl (C=O) groups excluding carboxylic acids is 2. The molecule has 0 saturated carbocycles. The van der Waals surface area contributed by atoms with Crippen LogP contribution in [0.4, 0.5) is 4.39 Å². The van der Waals surface area contributed by atoms with Crippen LogP contribution in [0.2, 0.25) is 0 Å². The van der Waals surface area contributed by atoms with E-state index in [9.17, 15) is 14.0 Å². The van der Waals surface area contributed by atoms with Crippen LogP contribution >= 0.6 is 11.8 Å². The monoisotopic (exact) mass is 424 g/mol. The van der Waals surface area contributed by atoms with Crippen molar-refractivity contribution in [2.75, 3.05) is 5.75 Å². The third kappa shape index (κ3) is 4.26. The third-order valence-corrected chi connectivity index (χ3v) is 6.37. The molecule has 3 aromatic rings. The summed E-state index contributed by atoms with van der Waals surface area (Å²) in [4.78, 5) is 28.0. The molecule has 30 heavy (non-hydrogen) atoms. The standard InChI is InChI=1S/C23H21FN2O3S/c1-15-2-6-17(7-3-15)22(28)26-20(14-30-23(26)18-10-11-29-13-18)21(27)25-12-16-4-8-19(24)9-5-16/h2-11,13,20,23H,12,14H2,1H3,(H,25,27). The molecule has 0 aliphatic carbocycles. The lowest BCUT2D eigenvalue weighted by Gasteiger charge is -2.28. The van der Waals surface area contributed by atoms with Crippen LogP contribution in [0.25, 0.3) is 0 Å². The Kier molecular flexibility index (Phi) is 5.90. The van der Waals surface area contributed by atoms with Gasteiger partial charge in [0.05, 0.1) is 12.5 Å². The van der Waals surface area contributed by atoms with Crippen molar-refractivity contribution in [1.82, 2.24) is 10.2 Å². The highest BCUT2D eigenvalue weighted by Gasteiger charge is 2.42. The minimum Gasteiger partial charge on any atom is -0.472 e.